The fourth-order valence-electron chi connectivity index (χ4n) is 1.37. The van der Waals surface area contributed by atoms with Crippen LogP contribution in [0.2, 0.25) is 0 Å². The smallest absolute Gasteiger partial charge is 0.215 e. The van der Waals surface area contributed by atoms with Gasteiger partial charge in [0, 0.05) is 0 Å². The highest BCUT2D eigenvalue weighted by atomic mass is 19.1. The first kappa shape index (κ1) is 12.1. The predicted octanol–water partition coefficient (Wildman–Crippen LogP) is 3.40. The second-order valence-electron chi connectivity index (χ2n) is 3.55. The molecule has 0 aliphatic heterocycles. The van der Waals surface area contributed by atoms with E-state index in [9.17, 15) is 4.39 Å². The van der Waals surface area contributed by atoms with Crippen molar-refractivity contribution in [2.24, 2.45) is 0 Å². The first-order chi connectivity index (χ1) is 8.79. The van der Waals surface area contributed by atoms with Gasteiger partial charge in [-0.1, -0.05) is 30.3 Å². The van der Waals surface area contributed by atoms with Crippen LogP contribution in [0, 0.1) is 17.1 Å². The van der Waals surface area contributed by atoms with Crippen LogP contribution in [0.5, 0.6) is 5.75 Å². The van der Waals surface area contributed by atoms with E-state index in [-0.39, 0.29) is 5.82 Å². The van der Waals surface area contributed by atoms with Crippen molar-refractivity contribution < 1.29 is 14.2 Å². The highest BCUT2D eigenvalue weighted by Gasteiger charge is 2.12. The Bertz CT molecular complexity index is 534. The SMILES string of the molecule is N#CC(OOc1ccc(F)cc1)c1ccccc1. The fraction of sp³-hybridized carbons (Fsp3) is 0.0714. The third kappa shape index (κ3) is 3.06. The maximum atomic E-state index is 12.7. The maximum absolute atomic E-state index is 12.7. The van der Waals surface area contributed by atoms with Gasteiger partial charge < -0.3 is 4.89 Å². The van der Waals surface area contributed by atoms with Crippen molar-refractivity contribution in [1.29, 1.82) is 5.26 Å². The number of nitrogens with zero attached hydrogens (tertiary/aromatic N) is 1. The Balaban J connectivity index is 2.00. The molecule has 0 saturated carbocycles. The van der Waals surface area contributed by atoms with Crippen molar-refractivity contribution in [3.8, 4) is 11.8 Å². The van der Waals surface area contributed by atoms with Crippen LogP contribution >= 0.6 is 0 Å². The molecule has 4 heteroatoms. The molecule has 90 valence electrons. The van der Waals surface area contributed by atoms with Crippen molar-refractivity contribution >= 4 is 0 Å². The molecular formula is C14H10FNO2. The molecular weight excluding hydrogens is 233 g/mol. The number of rotatable bonds is 4. The quantitative estimate of drug-likeness (QED) is 0.610. The zero-order chi connectivity index (χ0) is 12.8. The van der Waals surface area contributed by atoms with Crippen LogP contribution < -0.4 is 4.89 Å². The summed E-state index contributed by atoms with van der Waals surface area (Å²) in [4.78, 5) is 10.00. The molecule has 1 atom stereocenters. The molecule has 0 N–H and O–H groups in total. The summed E-state index contributed by atoms with van der Waals surface area (Å²) in [5, 5.41) is 8.99. The molecule has 2 aromatic carbocycles. The minimum atomic E-state index is -0.823. The van der Waals surface area contributed by atoms with Crippen molar-refractivity contribution in [3.63, 3.8) is 0 Å². The number of hydrogen-bond donors (Lipinski definition) is 0. The summed E-state index contributed by atoms with van der Waals surface area (Å²) in [6.07, 6.45) is -0.823. The molecule has 0 heterocycles. The Morgan fingerprint density at radius 1 is 1.00 bits per heavy atom. The Morgan fingerprint density at radius 3 is 2.28 bits per heavy atom. The van der Waals surface area contributed by atoms with Crippen LogP contribution in [-0.4, -0.2) is 0 Å². The Labute approximate surface area is 104 Å². The van der Waals surface area contributed by atoms with E-state index in [1.165, 1.54) is 24.3 Å². The molecule has 2 aromatic rings. The Kier molecular flexibility index (Phi) is 3.90. The first-order valence-corrected chi connectivity index (χ1v) is 5.33. The summed E-state index contributed by atoms with van der Waals surface area (Å²) in [5.74, 6) is -0.0187. The van der Waals surface area contributed by atoms with Gasteiger partial charge in [-0.15, -0.1) is 0 Å². The lowest BCUT2D eigenvalue weighted by molar-refractivity contribution is -0.231. The monoisotopic (exact) mass is 243 g/mol. The lowest BCUT2D eigenvalue weighted by Crippen LogP contribution is -2.05. The number of hydrogen-bond acceptors (Lipinski definition) is 3. The van der Waals surface area contributed by atoms with Gasteiger partial charge in [0.2, 0.25) is 6.10 Å². The first-order valence-electron chi connectivity index (χ1n) is 5.33. The number of halogens is 1. The molecule has 0 spiro atoms. The van der Waals surface area contributed by atoms with E-state index in [0.29, 0.717) is 11.3 Å². The fourth-order valence-corrected chi connectivity index (χ4v) is 1.37. The largest absolute Gasteiger partial charge is 0.336 e. The van der Waals surface area contributed by atoms with E-state index in [1.54, 1.807) is 24.3 Å². The summed E-state index contributed by atoms with van der Waals surface area (Å²) in [7, 11) is 0. The van der Waals surface area contributed by atoms with Gasteiger partial charge in [-0.05, 0) is 29.8 Å². The lowest BCUT2D eigenvalue weighted by Gasteiger charge is -2.10. The maximum Gasteiger partial charge on any atom is 0.215 e. The minimum absolute atomic E-state index is 0.340. The van der Waals surface area contributed by atoms with E-state index in [4.69, 9.17) is 15.0 Å². The van der Waals surface area contributed by atoms with Gasteiger partial charge in [-0.3, -0.25) is 0 Å². The minimum Gasteiger partial charge on any atom is -0.336 e. The summed E-state index contributed by atoms with van der Waals surface area (Å²) < 4.78 is 12.7. The van der Waals surface area contributed by atoms with Gasteiger partial charge in [0.25, 0.3) is 0 Å². The zero-order valence-electron chi connectivity index (χ0n) is 9.42. The summed E-state index contributed by atoms with van der Waals surface area (Å²) in [5.41, 5.74) is 0.696. The normalized spacial score (nSPS) is 11.6. The standard InChI is InChI=1S/C14H10FNO2/c15-12-6-8-13(9-7-12)17-18-14(10-16)11-4-2-1-3-5-11/h1-9,14H. The molecule has 3 nitrogen and oxygen atoms in total. The van der Waals surface area contributed by atoms with Crippen molar-refractivity contribution in [2.45, 2.75) is 6.10 Å². The van der Waals surface area contributed by atoms with Gasteiger partial charge in [0.05, 0.1) is 0 Å². The third-order valence-corrected chi connectivity index (χ3v) is 2.27. The summed E-state index contributed by atoms with van der Waals surface area (Å²) >= 11 is 0. The molecule has 0 aromatic heterocycles. The van der Waals surface area contributed by atoms with E-state index in [2.05, 4.69) is 0 Å². The van der Waals surface area contributed by atoms with Crippen LogP contribution in [-0.2, 0) is 4.89 Å². The average molecular weight is 243 g/mol. The zero-order valence-corrected chi connectivity index (χ0v) is 9.42. The molecule has 0 amide bonds. The highest BCUT2D eigenvalue weighted by Crippen LogP contribution is 2.19. The number of benzene rings is 2. The van der Waals surface area contributed by atoms with Gasteiger partial charge >= 0.3 is 0 Å². The molecule has 2 rings (SSSR count). The topological polar surface area (TPSA) is 42.2 Å². The second kappa shape index (κ2) is 5.80. The molecule has 0 radical (unpaired) electrons. The molecule has 1 unspecified atom stereocenters. The summed E-state index contributed by atoms with van der Waals surface area (Å²) in [6, 6.07) is 16.3. The van der Waals surface area contributed by atoms with Crippen molar-refractivity contribution in [2.75, 3.05) is 0 Å². The van der Waals surface area contributed by atoms with Crippen LogP contribution in [0.25, 0.3) is 0 Å². The highest BCUT2D eigenvalue weighted by molar-refractivity contribution is 5.23. The average Bonchev–Trinajstić information content (AvgIpc) is 2.43. The van der Waals surface area contributed by atoms with Gasteiger partial charge in [0.1, 0.15) is 11.9 Å². The molecule has 0 aliphatic rings. The van der Waals surface area contributed by atoms with E-state index in [0.717, 1.165) is 0 Å². The van der Waals surface area contributed by atoms with Crippen LogP contribution in [0.1, 0.15) is 11.7 Å². The van der Waals surface area contributed by atoms with Crippen LogP contribution in [0.15, 0.2) is 54.6 Å². The van der Waals surface area contributed by atoms with Crippen LogP contribution in [0.3, 0.4) is 0 Å². The predicted molar refractivity (Wildman–Crippen MR) is 62.9 cm³/mol. The second-order valence-corrected chi connectivity index (χ2v) is 3.55. The van der Waals surface area contributed by atoms with Crippen molar-refractivity contribution in [3.05, 3.63) is 66.0 Å². The third-order valence-electron chi connectivity index (χ3n) is 2.27. The van der Waals surface area contributed by atoms with Crippen LogP contribution in [0.4, 0.5) is 4.39 Å². The summed E-state index contributed by atoms with van der Waals surface area (Å²) in [6.45, 7) is 0. The molecule has 18 heavy (non-hydrogen) atoms. The van der Waals surface area contributed by atoms with Crippen molar-refractivity contribution in [1.82, 2.24) is 0 Å². The number of nitriles is 1. The van der Waals surface area contributed by atoms with E-state index >= 15 is 0 Å². The molecule has 0 fully saturated rings. The van der Waals surface area contributed by atoms with Gasteiger partial charge in [0.15, 0.2) is 5.75 Å². The van der Waals surface area contributed by atoms with Gasteiger partial charge in [-0.25, -0.2) is 4.39 Å². The molecule has 0 bridgehead atoms. The van der Waals surface area contributed by atoms with E-state index < -0.39 is 6.10 Å². The van der Waals surface area contributed by atoms with Gasteiger partial charge in [-0.2, -0.15) is 10.1 Å². The lowest BCUT2D eigenvalue weighted by atomic mass is 10.1. The Morgan fingerprint density at radius 2 is 1.67 bits per heavy atom. The molecule has 0 aliphatic carbocycles. The Hall–Kier alpha value is -2.38. The van der Waals surface area contributed by atoms with E-state index in [1.807, 2.05) is 12.1 Å². The molecule has 0 saturated heterocycles.